The van der Waals surface area contributed by atoms with Crippen molar-refractivity contribution < 1.29 is 4.42 Å². The third kappa shape index (κ3) is 3.32. The van der Waals surface area contributed by atoms with Crippen molar-refractivity contribution in [3.05, 3.63) is 17.8 Å². The fraction of sp³-hybridized carbons (Fsp3) is 0.714. The van der Waals surface area contributed by atoms with Gasteiger partial charge >= 0.3 is 0 Å². The number of hydrogen-bond donors (Lipinski definition) is 1. The van der Waals surface area contributed by atoms with E-state index in [9.17, 15) is 0 Å². The molecule has 0 amide bonds. The maximum atomic E-state index is 5.53. The van der Waals surface area contributed by atoms with Gasteiger partial charge in [-0.2, -0.15) is 0 Å². The molecule has 2 heterocycles. The van der Waals surface area contributed by atoms with E-state index in [-0.39, 0.29) is 6.04 Å². The van der Waals surface area contributed by atoms with Gasteiger partial charge in [-0.1, -0.05) is 25.6 Å². The summed E-state index contributed by atoms with van der Waals surface area (Å²) in [5.41, 5.74) is 0.388. The standard InChI is InChI=1S/C14H23N3OS/c1-5-14(6-2)8-16-13(19-9-14)17-11(4)12-15-7-10(3)18-12/h7,11H,5-6,8-9H2,1-4H3,(H,16,17). The van der Waals surface area contributed by atoms with Crippen LogP contribution >= 0.6 is 11.8 Å². The van der Waals surface area contributed by atoms with E-state index in [2.05, 4.69) is 31.1 Å². The number of oxazole rings is 1. The maximum Gasteiger partial charge on any atom is 0.216 e. The second kappa shape index (κ2) is 5.99. The van der Waals surface area contributed by atoms with Crippen LogP contribution in [0.2, 0.25) is 0 Å². The number of amidine groups is 1. The molecule has 1 atom stereocenters. The highest BCUT2D eigenvalue weighted by atomic mass is 32.2. The van der Waals surface area contributed by atoms with E-state index in [1.807, 2.05) is 18.7 Å². The fourth-order valence-corrected chi connectivity index (χ4v) is 3.49. The Balaban J connectivity index is 1.96. The molecule has 4 nitrogen and oxygen atoms in total. The van der Waals surface area contributed by atoms with E-state index < -0.39 is 0 Å². The van der Waals surface area contributed by atoms with Gasteiger partial charge in [-0.05, 0) is 32.1 Å². The predicted molar refractivity (Wildman–Crippen MR) is 80.6 cm³/mol. The zero-order valence-electron chi connectivity index (χ0n) is 12.2. The van der Waals surface area contributed by atoms with Gasteiger partial charge in [-0.15, -0.1) is 0 Å². The van der Waals surface area contributed by atoms with Crippen LogP contribution in [-0.4, -0.2) is 22.4 Å². The Bertz CT molecular complexity index is 451. The SMILES string of the molecule is CCC1(CC)CN=C(NC(C)c2ncc(C)o2)SC1. The van der Waals surface area contributed by atoms with Crippen LogP contribution in [0.3, 0.4) is 0 Å². The summed E-state index contributed by atoms with van der Waals surface area (Å²) in [5, 5.41) is 4.41. The second-order valence-corrected chi connectivity index (χ2v) is 6.26. The van der Waals surface area contributed by atoms with Crippen LogP contribution < -0.4 is 5.32 Å². The van der Waals surface area contributed by atoms with Crippen LogP contribution in [0.1, 0.15) is 51.3 Å². The van der Waals surface area contributed by atoms with E-state index >= 15 is 0 Å². The van der Waals surface area contributed by atoms with Gasteiger partial charge in [0.1, 0.15) is 11.8 Å². The molecule has 1 aliphatic rings. The van der Waals surface area contributed by atoms with Crippen LogP contribution in [0.15, 0.2) is 15.6 Å². The molecule has 0 radical (unpaired) electrons. The number of aliphatic imine (C=N–C) groups is 1. The van der Waals surface area contributed by atoms with Crippen LogP contribution in [0.25, 0.3) is 0 Å². The average Bonchev–Trinajstić information content (AvgIpc) is 2.87. The molecule has 0 aliphatic carbocycles. The van der Waals surface area contributed by atoms with Gasteiger partial charge in [0, 0.05) is 12.3 Å². The number of rotatable bonds is 4. The minimum Gasteiger partial charge on any atom is -0.444 e. The lowest BCUT2D eigenvalue weighted by molar-refractivity contribution is 0.317. The lowest BCUT2D eigenvalue weighted by Gasteiger charge is -2.33. The number of nitrogens with zero attached hydrogens (tertiary/aromatic N) is 2. The highest BCUT2D eigenvalue weighted by molar-refractivity contribution is 8.13. The molecule has 0 bridgehead atoms. The molecule has 1 aliphatic heterocycles. The average molecular weight is 281 g/mol. The van der Waals surface area contributed by atoms with Gasteiger partial charge in [-0.3, -0.25) is 4.99 Å². The van der Waals surface area contributed by atoms with E-state index in [1.165, 1.54) is 12.8 Å². The first-order valence-corrected chi connectivity index (χ1v) is 7.93. The van der Waals surface area contributed by atoms with Crippen molar-refractivity contribution in [1.29, 1.82) is 0 Å². The number of hydrogen-bond acceptors (Lipinski definition) is 5. The predicted octanol–water partition coefficient (Wildman–Crippen LogP) is 3.54. The fourth-order valence-electron chi connectivity index (χ4n) is 2.14. The first kappa shape index (κ1) is 14.4. The highest BCUT2D eigenvalue weighted by Crippen LogP contribution is 2.35. The zero-order valence-corrected chi connectivity index (χ0v) is 13.0. The Hall–Kier alpha value is -0.970. The van der Waals surface area contributed by atoms with Crippen molar-refractivity contribution in [1.82, 2.24) is 10.3 Å². The smallest absolute Gasteiger partial charge is 0.216 e. The third-order valence-corrected chi connectivity index (χ3v) is 5.20. The van der Waals surface area contributed by atoms with Crippen molar-refractivity contribution >= 4 is 16.9 Å². The van der Waals surface area contributed by atoms with Gasteiger partial charge in [0.05, 0.1) is 6.20 Å². The summed E-state index contributed by atoms with van der Waals surface area (Å²) in [4.78, 5) is 8.94. The lowest BCUT2D eigenvalue weighted by atomic mass is 9.84. The van der Waals surface area contributed by atoms with Crippen molar-refractivity contribution in [3.63, 3.8) is 0 Å². The number of thioether (sulfide) groups is 1. The molecule has 0 spiro atoms. The number of aromatic nitrogens is 1. The summed E-state index contributed by atoms with van der Waals surface area (Å²) < 4.78 is 5.53. The Morgan fingerprint density at radius 3 is 2.68 bits per heavy atom. The van der Waals surface area contributed by atoms with Gasteiger partial charge in [-0.25, -0.2) is 4.98 Å². The topological polar surface area (TPSA) is 50.4 Å². The molecule has 5 heteroatoms. The van der Waals surface area contributed by atoms with E-state index in [0.29, 0.717) is 5.41 Å². The summed E-state index contributed by atoms with van der Waals surface area (Å²) in [6.07, 6.45) is 4.14. The summed E-state index contributed by atoms with van der Waals surface area (Å²) in [5.74, 6) is 2.71. The molecule has 0 saturated carbocycles. The molecule has 106 valence electrons. The maximum absolute atomic E-state index is 5.53. The Labute approximate surface area is 119 Å². The van der Waals surface area contributed by atoms with Crippen molar-refractivity contribution in [2.75, 3.05) is 12.3 Å². The molecule has 0 fully saturated rings. The van der Waals surface area contributed by atoms with Crippen LogP contribution in [-0.2, 0) is 0 Å². The molecule has 0 saturated heterocycles. The van der Waals surface area contributed by atoms with E-state index in [0.717, 1.165) is 29.1 Å². The molecule has 2 rings (SSSR count). The lowest BCUT2D eigenvalue weighted by Crippen LogP contribution is -2.35. The van der Waals surface area contributed by atoms with Gasteiger partial charge in [0.15, 0.2) is 5.17 Å². The molecule has 1 unspecified atom stereocenters. The second-order valence-electron chi connectivity index (χ2n) is 5.29. The molecule has 0 aromatic carbocycles. The molecule has 1 aromatic heterocycles. The highest BCUT2D eigenvalue weighted by Gasteiger charge is 2.30. The summed E-state index contributed by atoms with van der Waals surface area (Å²) in [7, 11) is 0. The van der Waals surface area contributed by atoms with Gasteiger partial charge in [0.2, 0.25) is 5.89 Å². The van der Waals surface area contributed by atoms with E-state index in [1.54, 1.807) is 6.20 Å². The van der Waals surface area contributed by atoms with Crippen molar-refractivity contribution in [2.24, 2.45) is 10.4 Å². The van der Waals surface area contributed by atoms with Crippen LogP contribution in [0.4, 0.5) is 0 Å². The molecule has 1 aromatic rings. The third-order valence-electron chi connectivity index (χ3n) is 3.92. The normalized spacial score (nSPS) is 19.9. The van der Waals surface area contributed by atoms with Gasteiger partial charge in [0.25, 0.3) is 0 Å². The first-order chi connectivity index (χ1) is 9.08. The number of aryl methyl sites for hydroxylation is 1. The minimum atomic E-state index is 0.0655. The van der Waals surface area contributed by atoms with Crippen molar-refractivity contribution in [3.8, 4) is 0 Å². The molecular formula is C14H23N3OS. The van der Waals surface area contributed by atoms with Crippen LogP contribution in [0, 0.1) is 12.3 Å². The summed E-state index contributed by atoms with van der Waals surface area (Å²) in [6.45, 7) is 9.40. The van der Waals surface area contributed by atoms with Crippen molar-refractivity contribution in [2.45, 2.75) is 46.6 Å². The largest absolute Gasteiger partial charge is 0.444 e. The van der Waals surface area contributed by atoms with E-state index in [4.69, 9.17) is 9.41 Å². The van der Waals surface area contributed by atoms with Gasteiger partial charge < -0.3 is 9.73 Å². The Morgan fingerprint density at radius 1 is 1.47 bits per heavy atom. The molecular weight excluding hydrogens is 258 g/mol. The molecule has 1 N–H and O–H groups in total. The Morgan fingerprint density at radius 2 is 2.21 bits per heavy atom. The minimum absolute atomic E-state index is 0.0655. The first-order valence-electron chi connectivity index (χ1n) is 6.94. The zero-order chi connectivity index (χ0) is 13.9. The van der Waals surface area contributed by atoms with Crippen LogP contribution in [0.5, 0.6) is 0 Å². The quantitative estimate of drug-likeness (QED) is 0.917. The summed E-state index contributed by atoms with van der Waals surface area (Å²) in [6, 6.07) is 0.0655. The summed E-state index contributed by atoms with van der Waals surface area (Å²) >= 11 is 1.82. The number of nitrogens with one attached hydrogen (secondary N) is 1. The Kier molecular flexibility index (Phi) is 4.55. The monoisotopic (exact) mass is 281 g/mol. The molecule has 19 heavy (non-hydrogen) atoms.